The normalized spacial score (nSPS) is 42.4. The van der Waals surface area contributed by atoms with Gasteiger partial charge in [-0.05, 0) is 68.4 Å². The monoisotopic (exact) mass is 436 g/mol. The summed E-state index contributed by atoms with van der Waals surface area (Å²) in [4.78, 5) is 16.2. The number of hydrogen-bond acceptors (Lipinski definition) is 6. The lowest BCUT2D eigenvalue weighted by molar-refractivity contribution is -0.379. The minimum atomic E-state index is -1.36. The molecule has 1 aromatic rings. The quantitative estimate of drug-likeness (QED) is 0.670. The van der Waals surface area contributed by atoms with Crippen LogP contribution >= 0.6 is 0 Å². The second-order valence-electron chi connectivity index (χ2n) is 9.80. The molecule has 0 bridgehead atoms. The molecule has 3 aliphatic rings. The number of aromatic nitrogens is 1. The first-order valence-corrected chi connectivity index (χ1v) is 11.3. The highest BCUT2D eigenvalue weighted by Gasteiger charge is 2.63. The number of rotatable bonds is 4. The Labute approximate surface area is 182 Å². The van der Waals surface area contributed by atoms with Gasteiger partial charge >= 0.3 is 0 Å². The Morgan fingerprint density at radius 2 is 2.03 bits per heavy atom. The number of halogens is 1. The van der Waals surface area contributed by atoms with E-state index in [9.17, 15) is 19.4 Å². The lowest BCUT2D eigenvalue weighted by Crippen LogP contribution is -2.66. The Kier molecular flexibility index (Phi) is 6.11. The predicted octanol–water partition coefficient (Wildman–Crippen LogP) is 3.21. The summed E-state index contributed by atoms with van der Waals surface area (Å²) in [5.41, 5.74) is -1.14. The molecule has 0 radical (unpaired) electrons. The van der Waals surface area contributed by atoms with Gasteiger partial charge in [-0.3, -0.25) is 4.79 Å². The van der Waals surface area contributed by atoms with Crippen LogP contribution in [0.3, 0.4) is 0 Å². The van der Waals surface area contributed by atoms with Gasteiger partial charge < -0.3 is 25.0 Å². The average molecular weight is 437 g/mol. The van der Waals surface area contributed by atoms with E-state index in [0.29, 0.717) is 31.0 Å². The summed E-state index contributed by atoms with van der Waals surface area (Å²) in [6.07, 6.45) is 3.50. The summed E-state index contributed by atoms with van der Waals surface area (Å²) in [5.74, 6) is -1.42. The molecule has 3 N–H and O–H groups in total. The largest absolute Gasteiger partial charge is 0.384 e. The predicted molar refractivity (Wildman–Crippen MR) is 111 cm³/mol. The van der Waals surface area contributed by atoms with Gasteiger partial charge in [0.2, 0.25) is 5.91 Å². The third-order valence-corrected chi connectivity index (χ3v) is 7.64. The fourth-order valence-electron chi connectivity index (χ4n) is 5.90. The summed E-state index contributed by atoms with van der Waals surface area (Å²) in [7, 11) is 0. The van der Waals surface area contributed by atoms with Gasteiger partial charge in [0.25, 0.3) is 0 Å². The lowest BCUT2D eigenvalue weighted by atomic mass is 9.57. The second-order valence-corrected chi connectivity index (χ2v) is 9.80. The maximum absolute atomic E-state index is 13.0. The van der Waals surface area contributed by atoms with Crippen molar-refractivity contribution >= 4 is 11.7 Å². The Morgan fingerprint density at radius 1 is 1.26 bits per heavy atom. The smallest absolute Gasteiger partial charge is 0.225 e. The Hall–Kier alpha value is -1.61. The van der Waals surface area contributed by atoms with Crippen LogP contribution in [0.5, 0.6) is 0 Å². The molecule has 1 saturated carbocycles. The van der Waals surface area contributed by atoms with Crippen molar-refractivity contribution in [1.29, 1.82) is 0 Å². The van der Waals surface area contributed by atoms with Gasteiger partial charge in [0.15, 0.2) is 12.1 Å². The van der Waals surface area contributed by atoms with Crippen LogP contribution in [0.2, 0.25) is 0 Å². The van der Waals surface area contributed by atoms with Gasteiger partial charge in [0.05, 0.1) is 12.3 Å². The van der Waals surface area contributed by atoms with Crippen molar-refractivity contribution in [3.8, 4) is 0 Å². The number of anilines is 1. The molecule has 2 saturated heterocycles. The molecule has 31 heavy (non-hydrogen) atoms. The van der Waals surface area contributed by atoms with E-state index in [1.807, 2.05) is 0 Å². The highest BCUT2D eigenvalue weighted by Crippen LogP contribution is 2.56. The van der Waals surface area contributed by atoms with Gasteiger partial charge in [0, 0.05) is 12.8 Å². The fraction of sp³-hybridized carbons (Fsp3) is 0.739. The van der Waals surface area contributed by atoms with Crippen molar-refractivity contribution in [3.63, 3.8) is 0 Å². The van der Waals surface area contributed by atoms with Crippen molar-refractivity contribution in [2.45, 2.75) is 83.1 Å². The summed E-state index contributed by atoms with van der Waals surface area (Å²) >= 11 is 0. The van der Waals surface area contributed by atoms with Crippen molar-refractivity contribution in [1.82, 2.24) is 4.98 Å². The van der Waals surface area contributed by atoms with Gasteiger partial charge in [-0.15, -0.1) is 0 Å². The zero-order chi connectivity index (χ0) is 22.4. The number of aliphatic hydroxyl groups is 2. The molecule has 1 amide bonds. The average Bonchev–Trinajstić information content (AvgIpc) is 2.80. The molecule has 4 rings (SSSR count). The SMILES string of the molecule is C[C@H]1[C@@H](CCC(=O)Nc2ccc(F)cn2)O[C@@H]2O[C@](C)(O)CC[C@H]3[C@H](C)CC[C@@H]1[C@@]23O. The van der Waals surface area contributed by atoms with Crippen molar-refractivity contribution in [2.24, 2.45) is 23.7 Å². The molecule has 2 aliphatic heterocycles. The Bertz CT molecular complexity index is 804. The van der Waals surface area contributed by atoms with Crippen LogP contribution in [0.15, 0.2) is 18.3 Å². The molecule has 8 atom stereocenters. The minimum Gasteiger partial charge on any atom is -0.384 e. The van der Waals surface area contributed by atoms with E-state index in [4.69, 9.17) is 9.47 Å². The molecular weight excluding hydrogens is 403 g/mol. The number of nitrogens with zero attached hydrogens (tertiary/aromatic N) is 1. The fourth-order valence-corrected chi connectivity index (χ4v) is 5.90. The molecule has 7 nitrogen and oxygen atoms in total. The third-order valence-electron chi connectivity index (χ3n) is 7.64. The number of amides is 1. The van der Waals surface area contributed by atoms with Gasteiger partial charge in [-0.1, -0.05) is 13.8 Å². The standard InChI is InChI=1S/C23H33FN2O5/c1-13-4-6-17-14(2)18(7-9-20(27)26-19-8-5-15(24)12-25-19)30-21-23(17,29)16(13)10-11-22(3,28)31-21/h5,8,12-14,16-18,21,28-29H,4,6-7,9-11H2,1-3H3,(H,25,26,27)/t13-,14-,16+,17+,18-,21-,22+,23-/m1/s1. The van der Waals surface area contributed by atoms with Crippen molar-refractivity contribution in [3.05, 3.63) is 24.1 Å². The maximum Gasteiger partial charge on any atom is 0.225 e. The van der Waals surface area contributed by atoms with E-state index in [0.717, 1.165) is 19.0 Å². The number of carbonyl (C=O) groups excluding carboxylic acids is 1. The Morgan fingerprint density at radius 3 is 2.74 bits per heavy atom. The van der Waals surface area contributed by atoms with E-state index in [2.05, 4.69) is 24.1 Å². The zero-order valence-electron chi connectivity index (χ0n) is 18.4. The van der Waals surface area contributed by atoms with Gasteiger partial charge in [-0.25, -0.2) is 9.37 Å². The number of ether oxygens (including phenoxy) is 2. The summed E-state index contributed by atoms with van der Waals surface area (Å²) in [5, 5.41) is 25.2. The van der Waals surface area contributed by atoms with Crippen molar-refractivity contribution in [2.75, 3.05) is 5.32 Å². The van der Waals surface area contributed by atoms with E-state index in [1.54, 1.807) is 6.92 Å². The highest BCUT2D eigenvalue weighted by atomic mass is 19.1. The number of pyridine rings is 1. The first-order chi connectivity index (χ1) is 14.6. The number of nitrogens with one attached hydrogen (secondary N) is 1. The van der Waals surface area contributed by atoms with Crippen LogP contribution < -0.4 is 5.32 Å². The van der Waals surface area contributed by atoms with E-state index in [1.165, 1.54) is 12.1 Å². The van der Waals surface area contributed by atoms with E-state index in [-0.39, 0.29) is 36.2 Å². The first kappa shape index (κ1) is 22.6. The number of hydrogen-bond donors (Lipinski definition) is 3. The summed E-state index contributed by atoms with van der Waals surface area (Å²) < 4.78 is 25.2. The molecular formula is C23H33FN2O5. The number of carbonyl (C=O) groups is 1. The van der Waals surface area contributed by atoms with Crippen LogP contribution in [-0.4, -0.2) is 44.9 Å². The van der Waals surface area contributed by atoms with Crippen LogP contribution in [0.1, 0.15) is 59.3 Å². The van der Waals surface area contributed by atoms with Gasteiger partial charge in [0.1, 0.15) is 17.2 Å². The summed E-state index contributed by atoms with van der Waals surface area (Å²) in [6.45, 7) is 5.84. The third kappa shape index (κ3) is 4.35. The molecule has 3 heterocycles. The molecule has 8 heteroatoms. The van der Waals surface area contributed by atoms with Crippen molar-refractivity contribution < 1.29 is 28.9 Å². The lowest BCUT2D eigenvalue weighted by Gasteiger charge is -2.57. The molecule has 1 aromatic heterocycles. The van der Waals surface area contributed by atoms with E-state index >= 15 is 0 Å². The molecule has 0 aromatic carbocycles. The maximum atomic E-state index is 13.0. The minimum absolute atomic E-state index is 0.00136. The summed E-state index contributed by atoms with van der Waals surface area (Å²) in [6, 6.07) is 2.66. The zero-order valence-corrected chi connectivity index (χ0v) is 18.4. The molecule has 0 spiro atoms. The van der Waals surface area contributed by atoms with Crippen LogP contribution in [0.25, 0.3) is 0 Å². The second kappa shape index (κ2) is 8.39. The van der Waals surface area contributed by atoms with E-state index < -0.39 is 23.5 Å². The van der Waals surface area contributed by atoms with Crippen LogP contribution in [0, 0.1) is 29.5 Å². The van der Waals surface area contributed by atoms with Crippen LogP contribution in [0.4, 0.5) is 10.2 Å². The van der Waals surface area contributed by atoms with Gasteiger partial charge in [-0.2, -0.15) is 0 Å². The van der Waals surface area contributed by atoms with Crippen LogP contribution in [-0.2, 0) is 14.3 Å². The molecule has 0 unspecified atom stereocenters. The Balaban J connectivity index is 1.47. The topological polar surface area (TPSA) is 101 Å². The molecule has 172 valence electrons. The molecule has 1 aliphatic carbocycles. The highest BCUT2D eigenvalue weighted by molar-refractivity contribution is 5.89. The molecule has 3 fully saturated rings. The first-order valence-electron chi connectivity index (χ1n) is 11.3.